The molecule has 0 aliphatic carbocycles. The monoisotopic (exact) mass is 387 g/mol. The van der Waals surface area contributed by atoms with Crippen molar-refractivity contribution in [3.63, 3.8) is 0 Å². The number of aryl methyl sites for hydroxylation is 2. The van der Waals surface area contributed by atoms with Gasteiger partial charge in [0.05, 0.1) is 21.6 Å². The second-order valence-corrected chi connectivity index (χ2v) is 6.99. The first-order valence-corrected chi connectivity index (χ1v) is 8.76. The Morgan fingerprint density at radius 2 is 1.96 bits per heavy atom. The zero-order chi connectivity index (χ0) is 19.7. The maximum Gasteiger partial charge on any atom is 0.271 e. The van der Waals surface area contributed by atoms with Crippen LogP contribution in [0.15, 0.2) is 36.4 Å². The molecule has 7 nitrogen and oxygen atoms in total. The first-order valence-electron chi connectivity index (χ1n) is 8.38. The average Bonchev–Trinajstić information content (AvgIpc) is 3.01. The van der Waals surface area contributed by atoms with Crippen molar-refractivity contribution in [1.29, 1.82) is 0 Å². The fraction of sp³-hybridized carbons (Fsp3) is 0.263. The number of nitro benzene ring substituents is 1. The van der Waals surface area contributed by atoms with Crippen molar-refractivity contribution < 1.29 is 14.5 Å². The maximum absolute atomic E-state index is 12.5. The Morgan fingerprint density at radius 1 is 1.22 bits per heavy atom. The van der Waals surface area contributed by atoms with E-state index in [9.17, 15) is 19.7 Å². The molecule has 1 aliphatic rings. The van der Waals surface area contributed by atoms with Gasteiger partial charge < -0.3 is 10.2 Å². The van der Waals surface area contributed by atoms with Gasteiger partial charge in [-0.15, -0.1) is 0 Å². The van der Waals surface area contributed by atoms with Gasteiger partial charge in [0.25, 0.3) is 5.69 Å². The summed E-state index contributed by atoms with van der Waals surface area (Å²) in [6.07, 6.45) is 0.101. The van der Waals surface area contributed by atoms with Crippen LogP contribution in [0.5, 0.6) is 0 Å². The molecule has 0 aromatic heterocycles. The van der Waals surface area contributed by atoms with Crippen molar-refractivity contribution in [2.45, 2.75) is 20.3 Å². The normalized spacial score (nSPS) is 16.5. The molecule has 0 bridgehead atoms. The molecule has 8 heteroatoms. The molecule has 1 unspecified atom stereocenters. The minimum absolute atomic E-state index is 0.0767. The van der Waals surface area contributed by atoms with Gasteiger partial charge in [-0.05, 0) is 43.2 Å². The molecule has 1 atom stereocenters. The lowest BCUT2D eigenvalue weighted by Crippen LogP contribution is -2.28. The summed E-state index contributed by atoms with van der Waals surface area (Å²) >= 11 is 6.01. The molecule has 1 heterocycles. The third-order valence-electron chi connectivity index (χ3n) is 4.72. The van der Waals surface area contributed by atoms with E-state index in [1.807, 2.05) is 32.0 Å². The van der Waals surface area contributed by atoms with E-state index in [1.54, 1.807) is 4.90 Å². The lowest BCUT2D eigenvalue weighted by molar-refractivity contribution is -0.384. The van der Waals surface area contributed by atoms with Gasteiger partial charge >= 0.3 is 0 Å². The lowest BCUT2D eigenvalue weighted by Gasteiger charge is -2.18. The van der Waals surface area contributed by atoms with Gasteiger partial charge in [0, 0.05) is 30.8 Å². The molecule has 2 aromatic carbocycles. The second kappa shape index (κ2) is 7.36. The minimum Gasteiger partial charge on any atom is -0.324 e. The van der Waals surface area contributed by atoms with E-state index in [2.05, 4.69) is 5.32 Å². The van der Waals surface area contributed by atoms with E-state index in [-0.39, 0.29) is 41.2 Å². The molecule has 2 amide bonds. The number of nitrogens with one attached hydrogen (secondary N) is 1. The van der Waals surface area contributed by atoms with Gasteiger partial charge in [0.15, 0.2) is 0 Å². The molecule has 2 aromatic rings. The fourth-order valence-corrected chi connectivity index (χ4v) is 3.20. The molecule has 140 valence electrons. The standard InChI is InChI=1S/C19H18ClN3O4/c1-11-3-4-14(7-12(11)2)22-10-13(8-18(22)24)19(25)21-17-6-5-15(23(26)27)9-16(17)20/h3-7,9,13H,8,10H2,1-2H3,(H,21,25). The van der Waals surface area contributed by atoms with Crippen molar-refractivity contribution in [2.75, 3.05) is 16.8 Å². The molecule has 1 saturated heterocycles. The van der Waals surface area contributed by atoms with Crippen LogP contribution in [0.3, 0.4) is 0 Å². The number of nitro groups is 1. The molecule has 1 fully saturated rings. The number of hydrogen-bond acceptors (Lipinski definition) is 4. The summed E-state index contributed by atoms with van der Waals surface area (Å²) in [7, 11) is 0. The van der Waals surface area contributed by atoms with Gasteiger partial charge in [-0.2, -0.15) is 0 Å². The predicted octanol–water partition coefficient (Wildman–Crippen LogP) is 3.86. The van der Waals surface area contributed by atoms with E-state index in [0.717, 1.165) is 16.8 Å². The number of non-ortho nitro benzene ring substituents is 1. The number of carbonyl (C=O) groups excluding carboxylic acids is 2. The molecule has 0 spiro atoms. The first kappa shape index (κ1) is 18.8. The molecular weight excluding hydrogens is 370 g/mol. The summed E-state index contributed by atoms with van der Waals surface area (Å²) in [5.74, 6) is -0.982. The van der Waals surface area contributed by atoms with Crippen molar-refractivity contribution in [1.82, 2.24) is 0 Å². The summed E-state index contributed by atoms with van der Waals surface area (Å²) in [5.41, 5.74) is 3.10. The Bertz CT molecular complexity index is 945. The van der Waals surface area contributed by atoms with Crippen LogP contribution >= 0.6 is 11.6 Å². The van der Waals surface area contributed by atoms with E-state index in [4.69, 9.17) is 11.6 Å². The van der Waals surface area contributed by atoms with E-state index < -0.39 is 10.8 Å². The van der Waals surface area contributed by atoms with Gasteiger partial charge in [-0.25, -0.2) is 0 Å². The van der Waals surface area contributed by atoms with Crippen molar-refractivity contribution in [3.8, 4) is 0 Å². The highest BCUT2D eigenvalue weighted by atomic mass is 35.5. The highest BCUT2D eigenvalue weighted by Gasteiger charge is 2.35. The van der Waals surface area contributed by atoms with Crippen molar-refractivity contribution in [3.05, 3.63) is 62.7 Å². The zero-order valence-electron chi connectivity index (χ0n) is 14.9. The van der Waals surface area contributed by atoms with Crippen LogP contribution in [0, 0.1) is 29.9 Å². The summed E-state index contributed by atoms with van der Waals surface area (Å²) in [6, 6.07) is 9.58. The van der Waals surface area contributed by atoms with Crippen LogP contribution in [-0.4, -0.2) is 23.3 Å². The van der Waals surface area contributed by atoms with Crippen LogP contribution < -0.4 is 10.2 Å². The molecule has 1 N–H and O–H groups in total. The van der Waals surface area contributed by atoms with E-state index >= 15 is 0 Å². The number of amides is 2. The number of rotatable bonds is 4. The van der Waals surface area contributed by atoms with Crippen LogP contribution in [0.4, 0.5) is 17.1 Å². The van der Waals surface area contributed by atoms with Crippen molar-refractivity contribution >= 4 is 40.5 Å². The largest absolute Gasteiger partial charge is 0.324 e. The van der Waals surface area contributed by atoms with Crippen LogP contribution in [0.2, 0.25) is 5.02 Å². The number of carbonyl (C=O) groups is 2. The van der Waals surface area contributed by atoms with Crippen LogP contribution in [-0.2, 0) is 9.59 Å². The molecule has 0 saturated carbocycles. The predicted molar refractivity (Wildman–Crippen MR) is 103 cm³/mol. The minimum atomic E-state index is -0.561. The van der Waals surface area contributed by atoms with Gasteiger partial charge in [-0.1, -0.05) is 17.7 Å². The lowest BCUT2D eigenvalue weighted by atomic mass is 10.1. The zero-order valence-corrected chi connectivity index (χ0v) is 15.6. The molecule has 1 aliphatic heterocycles. The first-order chi connectivity index (χ1) is 12.8. The molecule has 0 radical (unpaired) electrons. The fourth-order valence-electron chi connectivity index (χ4n) is 2.98. The number of benzene rings is 2. The van der Waals surface area contributed by atoms with Crippen LogP contribution in [0.25, 0.3) is 0 Å². The Kier molecular flexibility index (Phi) is 5.14. The van der Waals surface area contributed by atoms with E-state index in [0.29, 0.717) is 0 Å². The number of anilines is 2. The maximum atomic E-state index is 12.5. The summed E-state index contributed by atoms with van der Waals surface area (Å²) in [6.45, 7) is 4.24. The third-order valence-corrected chi connectivity index (χ3v) is 5.03. The number of nitrogens with zero attached hydrogens (tertiary/aromatic N) is 2. The average molecular weight is 388 g/mol. The molecule has 3 rings (SSSR count). The SMILES string of the molecule is Cc1ccc(N2CC(C(=O)Nc3ccc([N+](=O)[O-])cc3Cl)CC2=O)cc1C. The number of hydrogen-bond donors (Lipinski definition) is 1. The molecule has 27 heavy (non-hydrogen) atoms. The number of halogens is 1. The van der Waals surface area contributed by atoms with Gasteiger partial charge in [0.2, 0.25) is 11.8 Å². The second-order valence-electron chi connectivity index (χ2n) is 6.58. The molecular formula is C19H18ClN3O4. The summed E-state index contributed by atoms with van der Waals surface area (Å²) in [4.78, 5) is 36.7. The van der Waals surface area contributed by atoms with E-state index in [1.165, 1.54) is 18.2 Å². The Morgan fingerprint density at radius 3 is 2.59 bits per heavy atom. The highest BCUT2D eigenvalue weighted by Crippen LogP contribution is 2.30. The summed E-state index contributed by atoms with van der Waals surface area (Å²) < 4.78 is 0. The van der Waals surface area contributed by atoms with Gasteiger partial charge in [-0.3, -0.25) is 19.7 Å². The highest BCUT2D eigenvalue weighted by molar-refractivity contribution is 6.34. The Hall–Kier alpha value is -2.93. The Balaban J connectivity index is 1.72. The Labute approximate surface area is 161 Å². The third kappa shape index (κ3) is 3.93. The smallest absolute Gasteiger partial charge is 0.271 e. The van der Waals surface area contributed by atoms with Crippen molar-refractivity contribution in [2.24, 2.45) is 5.92 Å². The summed E-state index contributed by atoms with van der Waals surface area (Å²) in [5, 5.41) is 13.5. The topological polar surface area (TPSA) is 92.6 Å². The van der Waals surface area contributed by atoms with Gasteiger partial charge in [0.1, 0.15) is 0 Å². The van der Waals surface area contributed by atoms with Crippen LogP contribution in [0.1, 0.15) is 17.5 Å². The quantitative estimate of drug-likeness (QED) is 0.636.